The van der Waals surface area contributed by atoms with Gasteiger partial charge in [-0.05, 0) is 51.1 Å². The van der Waals surface area contributed by atoms with Crippen LogP contribution in [-0.2, 0) is 4.79 Å². The van der Waals surface area contributed by atoms with Gasteiger partial charge in [-0.3, -0.25) is 15.0 Å². The van der Waals surface area contributed by atoms with Crippen molar-refractivity contribution in [3.05, 3.63) is 0 Å². The highest BCUT2D eigenvalue weighted by molar-refractivity contribution is 5.84. The van der Waals surface area contributed by atoms with Gasteiger partial charge in [0, 0.05) is 12.6 Å². The fourth-order valence-electron chi connectivity index (χ4n) is 3.62. The molecule has 0 spiro atoms. The topological polar surface area (TPSA) is 35.6 Å². The SMILES string of the molecule is CC(C)CC1NC(C(C)C)C(=O)N1CC(C)N1CCCC1. The standard InChI is InChI=1S/C17H33N3O/c1-12(2)10-15-18-16(13(3)4)17(21)20(15)11-14(5)19-8-6-7-9-19/h12-16,18H,6-11H2,1-5H3. The first-order chi connectivity index (χ1) is 9.90. The second kappa shape index (κ2) is 7.10. The molecule has 1 N–H and O–H groups in total. The fraction of sp³-hybridized carbons (Fsp3) is 0.941. The highest BCUT2D eigenvalue weighted by atomic mass is 16.2. The van der Waals surface area contributed by atoms with Crippen molar-refractivity contribution in [2.45, 2.75) is 72.1 Å². The summed E-state index contributed by atoms with van der Waals surface area (Å²) in [5, 5.41) is 3.58. The largest absolute Gasteiger partial charge is 0.324 e. The number of nitrogens with one attached hydrogen (secondary N) is 1. The van der Waals surface area contributed by atoms with E-state index in [0.717, 1.165) is 13.0 Å². The Morgan fingerprint density at radius 1 is 1.14 bits per heavy atom. The molecule has 4 nitrogen and oxygen atoms in total. The third kappa shape index (κ3) is 3.98. The number of hydrogen-bond acceptors (Lipinski definition) is 3. The molecule has 2 fully saturated rings. The molecule has 0 radical (unpaired) electrons. The quantitative estimate of drug-likeness (QED) is 0.817. The number of amides is 1. The van der Waals surface area contributed by atoms with Crippen LogP contribution in [0.25, 0.3) is 0 Å². The Morgan fingerprint density at radius 2 is 1.76 bits per heavy atom. The minimum absolute atomic E-state index is 0.000437. The van der Waals surface area contributed by atoms with E-state index in [0.29, 0.717) is 23.8 Å². The molecule has 0 aromatic rings. The van der Waals surface area contributed by atoms with E-state index in [4.69, 9.17) is 0 Å². The summed E-state index contributed by atoms with van der Waals surface area (Å²) in [6.07, 6.45) is 3.87. The van der Waals surface area contributed by atoms with Crippen molar-refractivity contribution in [2.75, 3.05) is 19.6 Å². The molecule has 2 saturated heterocycles. The van der Waals surface area contributed by atoms with Crippen molar-refractivity contribution in [3.8, 4) is 0 Å². The van der Waals surface area contributed by atoms with Crippen LogP contribution in [-0.4, -0.2) is 53.6 Å². The number of carbonyl (C=O) groups excluding carboxylic acids is 1. The van der Waals surface area contributed by atoms with Crippen molar-refractivity contribution in [3.63, 3.8) is 0 Å². The lowest BCUT2D eigenvalue weighted by Gasteiger charge is -2.32. The molecule has 0 saturated carbocycles. The van der Waals surface area contributed by atoms with Crippen LogP contribution in [0.2, 0.25) is 0 Å². The second-order valence-corrected chi connectivity index (χ2v) is 7.62. The van der Waals surface area contributed by atoms with Gasteiger partial charge in [-0.1, -0.05) is 27.7 Å². The van der Waals surface area contributed by atoms with E-state index in [1.165, 1.54) is 25.9 Å². The molecule has 2 heterocycles. The zero-order valence-electron chi connectivity index (χ0n) is 14.4. The van der Waals surface area contributed by atoms with Crippen molar-refractivity contribution in [1.29, 1.82) is 0 Å². The van der Waals surface area contributed by atoms with Gasteiger partial charge in [0.1, 0.15) is 0 Å². The molecule has 2 rings (SSSR count). The van der Waals surface area contributed by atoms with E-state index in [9.17, 15) is 4.79 Å². The summed E-state index contributed by atoms with van der Waals surface area (Å²) in [6, 6.07) is 0.471. The number of hydrogen-bond donors (Lipinski definition) is 1. The molecule has 0 aromatic carbocycles. The van der Waals surface area contributed by atoms with Gasteiger partial charge in [-0.15, -0.1) is 0 Å². The van der Waals surface area contributed by atoms with Crippen LogP contribution in [0.5, 0.6) is 0 Å². The molecule has 2 aliphatic heterocycles. The molecule has 4 heteroatoms. The summed E-state index contributed by atoms with van der Waals surface area (Å²) in [6.45, 7) is 14.3. The average Bonchev–Trinajstić information content (AvgIpc) is 3.01. The lowest BCUT2D eigenvalue weighted by atomic mass is 10.0. The fourth-order valence-corrected chi connectivity index (χ4v) is 3.62. The van der Waals surface area contributed by atoms with E-state index in [1.807, 2.05) is 0 Å². The Labute approximate surface area is 130 Å². The Balaban J connectivity index is 2.03. The summed E-state index contributed by atoms with van der Waals surface area (Å²) >= 11 is 0. The number of likely N-dealkylation sites (tertiary alicyclic amines) is 1. The lowest BCUT2D eigenvalue weighted by molar-refractivity contribution is -0.131. The van der Waals surface area contributed by atoms with Gasteiger partial charge >= 0.3 is 0 Å². The molecule has 21 heavy (non-hydrogen) atoms. The van der Waals surface area contributed by atoms with Gasteiger partial charge < -0.3 is 4.90 Å². The zero-order chi connectivity index (χ0) is 15.6. The summed E-state index contributed by atoms with van der Waals surface area (Å²) in [5.74, 6) is 1.27. The monoisotopic (exact) mass is 295 g/mol. The molecule has 0 aliphatic carbocycles. The van der Waals surface area contributed by atoms with Crippen LogP contribution in [0.15, 0.2) is 0 Å². The third-order valence-corrected chi connectivity index (χ3v) is 4.88. The van der Waals surface area contributed by atoms with E-state index < -0.39 is 0 Å². The van der Waals surface area contributed by atoms with Gasteiger partial charge in [0.25, 0.3) is 0 Å². The summed E-state index contributed by atoms with van der Waals surface area (Å²) in [5.41, 5.74) is 0. The minimum Gasteiger partial charge on any atom is -0.324 e. The second-order valence-electron chi connectivity index (χ2n) is 7.62. The lowest BCUT2D eigenvalue weighted by Crippen LogP contribution is -2.46. The van der Waals surface area contributed by atoms with Crippen LogP contribution < -0.4 is 5.32 Å². The number of carbonyl (C=O) groups is 1. The molecular formula is C17H33N3O. The van der Waals surface area contributed by atoms with E-state index in [-0.39, 0.29) is 12.2 Å². The summed E-state index contributed by atoms with van der Waals surface area (Å²) in [4.78, 5) is 17.4. The van der Waals surface area contributed by atoms with Crippen LogP contribution in [0.4, 0.5) is 0 Å². The smallest absolute Gasteiger partial charge is 0.241 e. The van der Waals surface area contributed by atoms with Gasteiger partial charge in [0.15, 0.2) is 0 Å². The predicted molar refractivity (Wildman–Crippen MR) is 87.0 cm³/mol. The van der Waals surface area contributed by atoms with Crippen molar-refractivity contribution in [2.24, 2.45) is 11.8 Å². The highest BCUT2D eigenvalue weighted by Gasteiger charge is 2.41. The van der Waals surface area contributed by atoms with Gasteiger partial charge in [0.05, 0.1) is 12.2 Å². The Hall–Kier alpha value is -0.610. The first-order valence-corrected chi connectivity index (χ1v) is 8.70. The third-order valence-electron chi connectivity index (χ3n) is 4.88. The van der Waals surface area contributed by atoms with E-state index >= 15 is 0 Å². The van der Waals surface area contributed by atoms with Gasteiger partial charge in [-0.25, -0.2) is 0 Å². The minimum atomic E-state index is -0.000437. The highest BCUT2D eigenvalue weighted by Crippen LogP contribution is 2.23. The molecule has 1 amide bonds. The molecule has 3 atom stereocenters. The Morgan fingerprint density at radius 3 is 2.29 bits per heavy atom. The summed E-state index contributed by atoms with van der Waals surface area (Å²) in [7, 11) is 0. The molecule has 2 aliphatic rings. The van der Waals surface area contributed by atoms with Crippen molar-refractivity contribution in [1.82, 2.24) is 15.1 Å². The van der Waals surface area contributed by atoms with Crippen LogP contribution in [0, 0.1) is 11.8 Å². The first kappa shape index (κ1) is 16.8. The summed E-state index contributed by atoms with van der Waals surface area (Å²) < 4.78 is 0. The van der Waals surface area contributed by atoms with E-state index in [2.05, 4.69) is 49.7 Å². The number of rotatable bonds is 6. The Kier molecular flexibility index (Phi) is 5.67. The molecule has 0 aromatic heterocycles. The van der Waals surface area contributed by atoms with Gasteiger partial charge in [0.2, 0.25) is 5.91 Å². The van der Waals surface area contributed by atoms with E-state index in [1.54, 1.807) is 0 Å². The van der Waals surface area contributed by atoms with Crippen molar-refractivity contribution < 1.29 is 4.79 Å². The molecule has 0 bridgehead atoms. The average molecular weight is 295 g/mol. The zero-order valence-corrected chi connectivity index (χ0v) is 14.4. The van der Waals surface area contributed by atoms with Crippen LogP contribution in [0.1, 0.15) is 53.9 Å². The molecule has 122 valence electrons. The first-order valence-electron chi connectivity index (χ1n) is 8.70. The molecule has 3 unspecified atom stereocenters. The molecular weight excluding hydrogens is 262 g/mol. The maximum atomic E-state index is 12.7. The normalized spacial score (nSPS) is 29.1. The van der Waals surface area contributed by atoms with Crippen LogP contribution >= 0.6 is 0 Å². The van der Waals surface area contributed by atoms with Gasteiger partial charge in [-0.2, -0.15) is 0 Å². The maximum absolute atomic E-state index is 12.7. The van der Waals surface area contributed by atoms with Crippen LogP contribution in [0.3, 0.4) is 0 Å². The Bertz CT molecular complexity index is 350. The maximum Gasteiger partial charge on any atom is 0.241 e. The number of nitrogens with zero attached hydrogens (tertiary/aromatic N) is 2. The predicted octanol–water partition coefficient (Wildman–Crippen LogP) is 2.30. The van der Waals surface area contributed by atoms with Crippen molar-refractivity contribution >= 4 is 5.91 Å².